The Kier molecular flexibility index (Phi) is 4.90. The predicted octanol–water partition coefficient (Wildman–Crippen LogP) is 2.12. The molecule has 4 N–H and O–H groups in total. The minimum absolute atomic E-state index is 0.0763. The van der Waals surface area contributed by atoms with Crippen molar-refractivity contribution in [3.05, 3.63) is 24.3 Å². The topological polar surface area (TPSA) is 67.2 Å². The van der Waals surface area contributed by atoms with Gasteiger partial charge in [0.25, 0.3) is 0 Å². The Morgan fingerprint density at radius 1 is 1.35 bits per heavy atom. The van der Waals surface area contributed by atoms with Crippen molar-refractivity contribution in [2.45, 2.75) is 26.3 Å². The quantitative estimate of drug-likeness (QED) is 0.701. The van der Waals surface area contributed by atoms with Crippen molar-refractivity contribution in [3.8, 4) is 0 Å². The summed E-state index contributed by atoms with van der Waals surface area (Å²) < 4.78 is 0. The lowest BCUT2D eigenvalue weighted by Crippen LogP contribution is -2.22. The summed E-state index contributed by atoms with van der Waals surface area (Å²) in [5.41, 5.74) is 7.23. The van der Waals surface area contributed by atoms with Gasteiger partial charge >= 0.3 is 0 Å². The van der Waals surface area contributed by atoms with Crippen molar-refractivity contribution in [2.24, 2.45) is 5.73 Å². The highest BCUT2D eigenvalue weighted by Gasteiger charge is 2.03. The van der Waals surface area contributed by atoms with Gasteiger partial charge in [0, 0.05) is 30.8 Å². The Labute approximate surface area is 107 Å². The fourth-order valence-electron chi connectivity index (χ4n) is 1.49. The van der Waals surface area contributed by atoms with Crippen LogP contribution in [0.15, 0.2) is 24.3 Å². The highest BCUT2D eigenvalue weighted by molar-refractivity contribution is 7.80. The number of hydrogen-bond donors (Lipinski definition) is 3. The number of thiocarbonyl (C=S) groups is 1. The maximum Gasteiger partial charge on any atom is 0.221 e. The van der Waals surface area contributed by atoms with Gasteiger partial charge in [-0.2, -0.15) is 0 Å². The zero-order valence-electron chi connectivity index (χ0n) is 9.99. The molecule has 0 aromatic heterocycles. The van der Waals surface area contributed by atoms with E-state index in [9.17, 15) is 4.79 Å². The van der Waals surface area contributed by atoms with E-state index in [1.54, 1.807) is 0 Å². The van der Waals surface area contributed by atoms with E-state index in [1.807, 2.05) is 31.2 Å². The summed E-state index contributed by atoms with van der Waals surface area (Å²) in [5, 5.41) is 5.98. The van der Waals surface area contributed by atoms with Crippen molar-refractivity contribution in [1.82, 2.24) is 0 Å². The van der Waals surface area contributed by atoms with Crippen LogP contribution in [-0.2, 0) is 4.79 Å². The zero-order chi connectivity index (χ0) is 12.8. The van der Waals surface area contributed by atoms with E-state index in [1.165, 1.54) is 6.92 Å². The lowest BCUT2D eigenvalue weighted by molar-refractivity contribution is -0.114. The largest absolute Gasteiger partial charge is 0.393 e. The molecule has 0 radical (unpaired) electrons. The highest BCUT2D eigenvalue weighted by atomic mass is 32.1. The van der Waals surface area contributed by atoms with Gasteiger partial charge in [0.2, 0.25) is 5.91 Å². The first-order valence-electron chi connectivity index (χ1n) is 5.40. The van der Waals surface area contributed by atoms with E-state index in [0.717, 1.165) is 11.4 Å². The molecule has 1 aromatic rings. The zero-order valence-corrected chi connectivity index (χ0v) is 10.8. The van der Waals surface area contributed by atoms with Crippen LogP contribution in [0.25, 0.3) is 0 Å². The van der Waals surface area contributed by atoms with Gasteiger partial charge in [-0.1, -0.05) is 12.2 Å². The second-order valence-corrected chi connectivity index (χ2v) is 4.50. The summed E-state index contributed by atoms with van der Waals surface area (Å²) >= 11 is 4.85. The molecule has 1 unspecified atom stereocenters. The third-order valence-electron chi connectivity index (χ3n) is 2.13. The van der Waals surface area contributed by atoms with Gasteiger partial charge in [0.15, 0.2) is 0 Å². The SMILES string of the molecule is CC(=O)Nc1ccc(NC(C)CC(N)=S)cc1. The molecule has 0 heterocycles. The fraction of sp³-hybridized carbons (Fsp3) is 0.333. The van der Waals surface area contributed by atoms with Crippen LogP contribution in [0, 0.1) is 0 Å². The van der Waals surface area contributed by atoms with E-state index >= 15 is 0 Å². The van der Waals surface area contributed by atoms with Crippen LogP contribution < -0.4 is 16.4 Å². The average Bonchev–Trinajstić information content (AvgIpc) is 2.18. The van der Waals surface area contributed by atoms with E-state index in [2.05, 4.69) is 10.6 Å². The molecule has 5 heteroatoms. The highest BCUT2D eigenvalue weighted by Crippen LogP contribution is 2.14. The standard InChI is InChI=1S/C12H17N3OS/c1-8(7-12(13)17)14-10-3-5-11(6-4-10)15-9(2)16/h3-6,8,14H,7H2,1-2H3,(H2,13,17)(H,15,16). The van der Waals surface area contributed by atoms with E-state index in [-0.39, 0.29) is 11.9 Å². The lowest BCUT2D eigenvalue weighted by Gasteiger charge is -2.14. The van der Waals surface area contributed by atoms with Gasteiger partial charge in [-0.15, -0.1) is 0 Å². The van der Waals surface area contributed by atoms with Gasteiger partial charge in [0.05, 0.1) is 4.99 Å². The molecule has 1 atom stereocenters. The molecule has 0 aliphatic heterocycles. The van der Waals surface area contributed by atoms with Crippen LogP contribution in [0.1, 0.15) is 20.3 Å². The monoisotopic (exact) mass is 251 g/mol. The molecule has 0 bridgehead atoms. The Bertz CT molecular complexity index is 403. The Morgan fingerprint density at radius 3 is 2.35 bits per heavy atom. The van der Waals surface area contributed by atoms with Gasteiger partial charge in [-0.05, 0) is 31.2 Å². The molecule has 0 aliphatic carbocycles. The van der Waals surface area contributed by atoms with Crippen LogP contribution in [0.3, 0.4) is 0 Å². The molecule has 0 saturated heterocycles. The maximum atomic E-state index is 10.8. The first kappa shape index (κ1) is 13.4. The van der Waals surface area contributed by atoms with Crippen LogP contribution in [0.2, 0.25) is 0 Å². The molecule has 0 fully saturated rings. The number of rotatable bonds is 5. The number of carbonyl (C=O) groups excluding carboxylic acids is 1. The maximum absolute atomic E-state index is 10.8. The van der Waals surface area contributed by atoms with Crippen LogP contribution in [0.4, 0.5) is 11.4 Å². The molecule has 17 heavy (non-hydrogen) atoms. The number of benzene rings is 1. The van der Waals surface area contributed by atoms with Gasteiger partial charge in [-0.25, -0.2) is 0 Å². The second kappa shape index (κ2) is 6.20. The molecular weight excluding hydrogens is 234 g/mol. The number of nitrogens with one attached hydrogen (secondary N) is 2. The van der Waals surface area contributed by atoms with Crippen molar-refractivity contribution in [3.63, 3.8) is 0 Å². The van der Waals surface area contributed by atoms with Gasteiger partial charge in [0.1, 0.15) is 0 Å². The van der Waals surface area contributed by atoms with E-state index in [0.29, 0.717) is 11.4 Å². The molecule has 0 aliphatic rings. The first-order valence-corrected chi connectivity index (χ1v) is 5.80. The summed E-state index contributed by atoms with van der Waals surface area (Å²) in [4.78, 5) is 11.3. The average molecular weight is 251 g/mol. The predicted molar refractivity (Wildman–Crippen MR) is 75.2 cm³/mol. The molecule has 1 aromatic carbocycles. The summed E-state index contributed by atoms with van der Waals surface area (Å²) in [6.45, 7) is 3.50. The molecule has 1 rings (SSSR count). The number of nitrogens with two attached hydrogens (primary N) is 1. The Balaban J connectivity index is 2.56. The number of carbonyl (C=O) groups is 1. The van der Waals surface area contributed by atoms with Crippen LogP contribution in [0.5, 0.6) is 0 Å². The molecule has 0 saturated carbocycles. The summed E-state index contributed by atoms with van der Waals surface area (Å²) in [5.74, 6) is -0.0763. The fourth-order valence-corrected chi connectivity index (χ4v) is 1.74. The minimum atomic E-state index is -0.0763. The number of anilines is 2. The number of amides is 1. The third kappa shape index (κ3) is 5.31. The summed E-state index contributed by atoms with van der Waals surface area (Å²) in [7, 11) is 0. The van der Waals surface area contributed by atoms with Gasteiger partial charge in [-0.3, -0.25) is 4.79 Å². The van der Waals surface area contributed by atoms with Crippen molar-refractivity contribution < 1.29 is 4.79 Å². The molecule has 0 spiro atoms. The van der Waals surface area contributed by atoms with E-state index < -0.39 is 0 Å². The number of hydrogen-bond acceptors (Lipinski definition) is 3. The molecule has 4 nitrogen and oxygen atoms in total. The third-order valence-corrected chi connectivity index (χ3v) is 2.29. The van der Waals surface area contributed by atoms with Crippen LogP contribution >= 0.6 is 12.2 Å². The first-order chi connectivity index (χ1) is 7.97. The normalized spacial score (nSPS) is 11.6. The smallest absolute Gasteiger partial charge is 0.221 e. The van der Waals surface area contributed by atoms with E-state index in [4.69, 9.17) is 18.0 Å². The minimum Gasteiger partial charge on any atom is -0.393 e. The molecule has 1 amide bonds. The summed E-state index contributed by atoms with van der Waals surface area (Å²) in [6.07, 6.45) is 0.656. The molecular formula is C12H17N3OS. The summed E-state index contributed by atoms with van der Waals surface area (Å²) in [6, 6.07) is 7.69. The van der Waals surface area contributed by atoms with Crippen molar-refractivity contribution in [2.75, 3.05) is 10.6 Å². The van der Waals surface area contributed by atoms with Crippen molar-refractivity contribution in [1.29, 1.82) is 0 Å². The van der Waals surface area contributed by atoms with Crippen molar-refractivity contribution >= 4 is 34.5 Å². The van der Waals surface area contributed by atoms with Crippen LogP contribution in [-0.4, -0.2) is 16.9 Å². The Morgan fingerprint density at radius 2 is 1.88 bits per heavy atom. The van der Waals surface area contributed by atoms with Gasteiger partial charge < -0.3 is 16.4 Å². The Hall–Kier alpha value is -1.62. The second-order valence-electron chi connectivity index (χ2n) is 3.97. The lowest BCUT2D eigenvalue weighted by atomic mass is 10.2. The molecule has 92 valence electrons.